The quantitative estimate of drug-likeness (QED) is 0.745. The Morgan fingerprint density at radius 3 is 2.91 bits per heavy atom. The zero-order valence-corrected chi connectivity index (χ0v) is 12.8. The van der Waals surface area contributed by atoms with Crippen LogP contribution in [0, 0.1) is 5.92 Å². The van der Waals surface area contributed by atoms with Crippen LogP contribution in [0.2, 0.25) is 0 Å². The molecule has 1 aromatic carbocycles. The first-order chi connectivity index (χ1) is 11.3. The van der Waals surface area contributed by atoms with Crippen molar-refractivity contribution in [3.05, 3.63) is 65.5 Å². The van der Waals surface area contributed by atoms with Crippen molar-refractivity contribution >= 4 is 16.6 Å². The van der Waals surface area contributed by atoms with E-state index in [1.165, 1.54) is 5.69 Å². The number of nitrogens with zero attached hydrogens (tertiary/aromatic N) is 4. The van der Waals surface area contributed by atoms with Gasteiger partial charge in [0.2, 0.25) is 0 Å². The molecule has 1 fully saturated rings. The van der Waals surface area contributed by atoms with E-state index in [0.29, 0.717) is 23.4 Å². The summed E-state index contributed by atoms with van der Waals surface area (Å²) >= 11 is 0. The third-order valence-electron chi connectivity index (χ3n) is 4.49. The second-order valence-corrected chi connectivity index (χ2v) is 6.03. The predicted octanol–water partition coefficient (Wildman–Crippen LogP) is 2.32. The van der Waals surface area contributed by atoms with Gasteiger partial charge in [-0.1, -0.05) is 18.2 Å². The smallest absolute Gasteiger partial charge is 0.261 e. The maximum Gasteiger partial charge on any atom is 0.261 e. The van der Waals surface area contributed by atoms with E-state index in [4.69, 9.17) is 0 Å². The van der Waals surface area contributed by atoms with Crippen LogP contribution in [0.4, 0.5) is 5.69 Å². The Hall–Kier alpha value is -2.69. The molecule has 1 aliphatic rings. The summed E-state index contributed by atoms with van der Waals surface area (Å²) < 4.78 is 1.74. The Morgan fingerprint density at radius 2 is 2.04 bits per heavy atom. The van der Waals surface area contributed by atoms with Gasteiger partial charge in [0.05, 0.1) is 23.4 Å². The molecule has 0 saturated carbocycles. The zero-order chi connectivity index (χ0) is 15.6. The lowest BCUT2D eigenvalue weighted by Crippen LogP contribution is -2.26. The number of hydrogen-bond acceptors (Lipinski definition) is 4. The van der Waals surface area contributed by atoms with E-state index >= 15 is 0 Å². The van der Waals surface area contributed by atoms with E-state index in [9.17, 15) is 4.79 Å². The number of fused-ring (bicyclic) bond motifs is 1. The first-order valence-corrected chi connectivity index (χ1v) is 7.90. The molecule has 0 amide bonds. The molecule has 4 rings (SSSR count). The maximum atomic E-state index is 12.5. The van der Waals surface area contributed by atoms with E-state index in [0.717, 1.165) is 19.5 Å². The Morgan fingerprint density at radius 1 is 1.17 bits per heavy atom. The van der Waals surface area contributed by atoms with Gasteiger partial charge in [-0.05, 0) is 30.5 Å². The molecular formula is C18H18N4O. The van der Waals surface area contributed by atoms with Gasteiger partial charge in [-0.25, -0.2) is 4.98 Å². The second kappa shape index (κ2) is 5.83. The minimum Gasteiger partial charge on any atom is -0.371 e. The number of hydrogen-bond donors (Lipinski definition) is 0. The van der Waals surface area contributed by atoms with Crippen molar-refractivity contribution in [1.82, 2.24) is 14.5 Å². The second-order valence-electron chi connectivity index (χ2n) is 6.03. The molecule has 0 spiro atoms. The largest absolute Gasteiger partial charge is 0.371 e. The summed E-state index contributed by atoms with van der Waals surface area (Å²) in [5.74, 6) is 0.467. The summed E-state index contributed by atoms with van der Waals surface area (Å²) in [4.78, 5) is 23.3. The number of aromatic nitrogens is 3. The first-order valence-electron chi connectivity index (χ1n) is 7.90. The van der Waals surface area contributed by atoms with Crippen molar-refractivity contribution in [3.63, 3.8) is 0 Å². The Balaban J connectivity index is 1.53. The van der Waals surface area contributed by atoms with E-state index in [-0.39, 0.29) is 5.56 Å². The topological polar surface area (TPSA) is 51.0 Å². The molecule has 1 atom stereocenters. The van der Waals surface area contributed by atoms with Crippen LogP contribution in [0.1, 0.15) is 6.42 Å². The molecular weight excluding hydrogens is 288 g/mol. The van der Waals surface area contributed by atoms with Crippen LogP contribution in [0.25, 0.3) is 10.9 Å². The monoisotopic (exact) mass is 306 g/mol. The number of benzene rings is 1. The third-order valence-corrected chi connectivity index (χ3v) is 4.49. The van der Waals surface area contributed by atoms with Gasteiger partial charge >= 0.3 is 0 Å². The molecule has 0 unspecified atom stereocenters. The lowest BCUT2D eigenvalue weighted by atomic mass is 10.1. The molecule has 116 valence electrons. The molecule has 0 N–H and O–H groups in total. The Labute approximate surface area is 134 Å². The van der Waals surface area contributed by atoms with Crippen LogP contribution in [0.15, 0.2) is 59.9 Å². The van der Waals surface area contributed by atoms with Crippen molar-refractivity contribution in [2.24, 2.45) is 5.92 Å². The maximum absolute atomic E-state index is 12.5. The molecule has 1 saturated heterocycles. The summed E-state index contributed by atoms with van der Waals surface area (Å²) in [6, 6.07) is 12.2. The van der Waals surface area contributed by atoms with Gasteiger partial charge in [0.15, 0.2) is 0 Å². The van der Waals surface area contributed by atoms with Crippen LogP contribution in [0.3, 0.4) is 0 Å². The van der Waals surface area contributed by atoms with Crippen molar-refractivity contribution in [2.75, 3.05) is 18.0 Å². The minimum atomic E-state index is 0.0237. The molecule has 0 radical (unpaired) electrons. The number of pyridine rings is 1. The van der Waals surface area contributed by atoms with Crippen LogP contribution < -0.4 is 10.5 Å². The molecule has 23 heavy (non-hydrogen) atoms. The van der Waals surface area contributed by atoms with Crippen LogP contribution in [0.5, 0.6) is 0 Å². The van der Waals surface area contributed by atoms with Gasteiger partial charge < -0.3 is 4.90 Å². The Kier molecular flexibility index (Phi) is 3.54. The van der Waals surface area contributed by atoms with Crippen molar-refractivity contribution in [2.45, 2.75) is 13.0 Å². The summed E-state index contributed by atoms with van der Waals surface area (Å²) in [6.45, 7) is 2.73. The van der Waals surface area contributed by atoms with Gasteiger partial charge in [-0.3, -0.25) is 14.3 Å². The standard InChI is InChI=1S/C18H18N4O/c23-18-16-6-8-19-10-17(16)20-13-22(18)12-14-7-9-21(11-14)15-4-2-1-3-5-15/h1-6,8,10,13-14H,7,9,11-12H2/t14-/m1/s1. The summed E-state index contributed by atoms with van der Waals surface area (Å²) in [7, 11) is 0. The fourth-order valence-electron chi connectivity index (χ4n) is 3.27. The Bertz CT molecular complexity index is 875. The van der Waals surface area contributed by atoms with Crippen LogP contribution in [-0.4, -0.2) is 27.6 Å². The first kappa shape index (κ1) is 13.9. The molecule has 1 aliphatic heterocycles. The average molecular weight is 306 g/mol. The number of rotatable bonds is 3. The van der Waals surface area contributed by atoms with Gasteiger partial charge in [0.25, 0.3) is 5.56 Å². The summed E-state index contributed by atoms with van der Waals surface area (Å²) in [6.07, 6.45) is 6.02. The van der Waals surface area contributed by atoms with Crippen LogP contribution >= 0.6 is 0 Å². The predicted molar refractivity (Wildman–Crippen MR) is 90.6 cm³/mol. The SMILES string of the molecule is O=c1c2ccncc2ncn1C[C@@H]1CCN(c2ccccc2)C1. The minimum absolute atomic E-state index is 0.0237. The van der Waals surface area contributed by atoms with Gasteiger partial charge in [-0.15, -0.1) is 0 Å². The number of anilines is 1. The molecule has 0 bridgehead atoms. The van der Waals surface area contributed by atoms with Gasteiger partial charge in [0.1, 0.15) is 0 Å². The normalized spacial score (nSPS) is 17.7. The van der Waals surface area contributed by atoms with E-state index in [1.807, 2.05) is 6.07 Å². The van der Waals surface area contributed by atoms with Crippen molar-refractivity contribution in [1.29, 1.82) is 0 Å². The van der Waals surface area contributed by atoms with E-state index in [2.05, 4.69) is 39.1 Å². The molecule has 0 aliphatic carbocycles. The molecule has 5 nitrogen and oxygen atoms in total. The highest BCUT2D eigenvalue weighted by atomic mass is 16.1. The van der Waals surface area contributed by atoms with E-state index < -0.39 is 0 Å². The zero-order valence-electron chi connectivity index (χ0n) is 12.8. The fraction of sp³-hybridized carbons (Fsp3) is 0.278. The highest BCUT2D eigenvalue weighted by Gasteiger charge is 2.23. The molecule has 3 aromatic rings. The molecule has 5 heteroatoms. The number of para-hydroxylation sites is 1. The lowest BCUT2D eigenvalue weighted by Gasteiger charge is -2.18. The lowest BCUT2D eigenvalue weighted by molar-refractivity contribution is 0.474. The van der Waals surface area contributed by atoms with Gasteiger partial charge in [-0.2, -0.15) is 0 Å². The average Bonchev–Trinajstić information content (AvgIpc) is 3.07. The fourth-order valence-corrected chi connectivity index (χ4v) is 3.27. The van der Waals surface area contributed by atoms with Crippen LogP contribution in [-0.2, 0) is 6.54 Å². The summed E-state index contributed by atoms with van der Waals surface area (Å²) in [5, 5.41) is 0.639. The summed E-state index contributed by atoms with van der Waals surface area (Å²) in [5.41, 5.74) is 1.94. The van der Waals surface area contributed by atoms with Crippen molar-refractivity contribution < 1.29 is 0 Å². The van der Waals surface area contributed by atoms with Gasteiger partial charge in [0, 0.05) is 31.5 Å². The highest BCUT2D eigenvalue weighted by molar-refractivity contribution is 5.75. The third kappa shape index (κ3) is 2.70. The highest BCUT2D eigenvalue weighted by Crippen LogP contribution is 2.24. The molecule has 3 heterocycles. The molecule has 2 aromatic heterocycles. The van der Waals surface area contributed by atoms with Crippen molar-refractivity contribution in [3.8, 4) is 0 Å². The van der Waals surface area contributed by atoms with E-state index in [1.54, 1.807) is 29.4 Å².